The molecule has 0 amide bonds. The minimum atomic E-state index is 0.00464. The van der Waals surface area contributed by atoms with Gasteiger partial charge in [-0.2, -0.15) is 0 Å². The molecule has 0 aromatic heterocycles. The Morgan fingerprint density at radius 1 is 1.35 bits per heavy atom. The first-order chi connectivity index (χ1) is 10.9. The van der Waals surface area contributed by atoms with Gasteiger partial charge in [0.2, 0.25) is 0 Å². The van der Waals surface area contributed by atoms with E-state index in [-0.39, 0.29) is 11.2 Å². The van der Waals surface area contributed by atoms with Crippen molar-refractivity contribution in [3.05, 3.63) is 83.8 Å². The molecule has 0 saturated heterocycles. The number of aliphatic hydroxyl groups is 1. The molecule has 23 heavy (non-hydrogen) atoms. The predicted octanol–water partition coefficient (Wildman–Crippen LogP) is 5.63. The number of rotatable bonds is 4. The van der Waals surface area contributed by atoms with Crippen LogP contribution in [0.2, 0.25) is 0 Å². The van der Waals surface area contributed by atoms with Gasteiger partial charge in [0.05, 0.1) is 5.70 Å². The summed E-state index contributed by atoms with van der Waals surface area (Å²) in [5, 5.41) is 12.9. The van der Waals surface area contributed by atoms with Gasteiger partial charge in [-0.15, -0.1) is 0 Å². The van der Waals surface area contributed by atoms with Crippen molar-refractivity contribution >= 4 is 11.3 Å². The average Bonchev–Trinajstić information content (AvgIpc) is 2.75. The molecule has 0 radical (unpaired) electrons. The van der Waals surface area contributed by atoms with E-state index in [1.807, 2.05) is 0 Å². The summed E-state index contributed by atoms with van der Waals surface area (Å²) < 4.78 is 0. The molecule has 0 atom stereocenters. The fraction of sp³-hybridized carbons (Fsp3) is 0.238. The Morgan fingerprint density at radius 2 is 2.13 bits per heavy atom. The maximum atomic E-state index is 9.68. The van der Waals surface area contributed by atoms with Crippen molar-refractivity contribution in [3.63, 3.8) is 0 Å². The second kappa shape index (κ2) is 5.62. The number of fused-ring (bicyclic) bond motifs is 2. The van der Waals surface area contributed by atoms with Gasteiger partial charge in [0.15, 0.2) is 0 Å². The molecule has 1 aromatic carbocycles. The van der Waals surface area contributed by atoms with Crippen LogP contribution < -0.4 is 5.32 Å². The lowest BCUT2D eigenvalue weighted by Gasteiger charge is -2.24. The monoisotopic (exact) mass is 305 g/mol. The first-order valence-corrected chi connectivity index (χ1v) is 7.98. The summed E-state index contributed by atoms with van der Waals surface area (Å²) in [7, 11) is 0. The van der Waals surface area contributed by atoms with Gasteiger partial charge in [-0.3, -0.25) is 0 Å². The van der Waals surface area contributed by atoms with Gasteiger partial charge < -0.3 is 10.4 Å². The van der Waals surface area contributed by atoms with Crippen molar-refractivity contribution in [3.8, 4) is 0 Å². The van der Waals surface area contributed by atoms with Gasteiger partial charge in [0.1, 0.15) is 5.76 Å². The molecule has 1 aromatic rings. The third-order valence-corrected chi connectivity index (χ3v) is 4.74. The second-order valence-electron chi connectivity index (χ2n) is 6.61. The summed E-state index contributed by atoms with van der Waals surface area (Å²) in [6.07, 6.45) is 10.1. The summed E-state index contributed by atoms with van der Waals surface area (Å²) in [5.41, 5.74) is 7.13. The van der Waals surface area contributed by atoms with Gasteiger partial charge >= 0.3 is 0 Å². The van der Waals surface area contributed by atoms with Crippen LogP contribution in [-0.2, 0) is 5.41 Å². The van der Waals surface area contributed by atoms with Crippen LogP contribution in [0.4, 0.5) is 5.69 Å². The molecular formula is C21H23NO. The van der Waals surface area contributed by atoms with E-state index in [9.17, 15) is 5.11 Å². The van der Waals surface area contributed by atoms with E-state index >= 15 is 0 Å². The van der Waals surface area contributed by atoms with Gasteiger partial charge in [0.25, 0.3) is 0 Å². The summed E-state index contributed by atoms with van der Waals surface area (Å²) >= 11 is 0. The van der Waals surface area contributed by atoms with Crippen molar-refractivity contribution in [2.24, 2.45) is 0 Å². The Hall–Kier alpha value is -2.48. The van der Waals surface area contributed by atoms with Gasteiger partial charge in [-0.05, 0) is 53.3 Å². The Balaban J connectivity index is 2.00. The summed E-state index contributed by atoms with van der Waals surface area (Å²) in [5.74, 6) is 0.00464. The van der Waals surface area contributed by atoms with Crippen LogP contribution in [0.25, 0.3) is 5.57 Å². The van der Waals surface area contributed by atoms with E-state index in [2.05, 4.69) is 62.7 Å². The van der Waals surface area contributed by atoms with Crippen LogP contribution in [0.15, 0.2) is 72.7 Å². The van der Waals surface area contributed by atoms with Crippen molar-refractivity contribution in [1.82, 2.24) is 0 Å². The van der Waals surface area contributed by atoms with Crippen LogP contribution in [0.5, 0.6) is 0 Å². The third-order valence-electron chi connectivity index (χ3n) is 4.74. The highest BCUT2D eigenvalue weighted by molar-refractivity contribution is 5.84. The maximum absolute atomic E-state index is 9.68. The Kier molecular flexibility index (Phi) is 3.77. The highest BCUT2D eigenvalue weighted by atomic mass is 16.3. The minimum Gasteiger partial charge on any atom is -0.506 e. The lowest BCUT2D eigenvalue weighted by Crippen LogP contribution is -2.17. The molecule has 2 N–H and O–H groups in total. The molecule has 2 nitrogen and oxygen atoms in total. The number of allylic oxidation sites excluding steroid dienone is 6. The van der Waals surface area contributed by atoms with Gasteiger partial charge in [0, 0.05) is 11.1 Å². The molecule has 0 bridgehead atoms. The smallest absolute Gasteiger partial charge is 0.131 e. The van der Waals surface area contributed by atoms with Gasteiger partial charge in [-0.25, -0.2) is 0 Å². The molecule has 0 spiro atoms. The third kappa shape index (κ3) is 2.55. The summed E-state index contributed by atoms with van der Waals surface area (Å²) in [6, 6.07) is 6.43. The highest BCUT2D eigenvalue weighted by Gasteiger charge is 2.37. The van der Waals surface area contributed by atoms with Gasteiger partial charge in [-0.1, -0.05) is 51.3 Å². The van der Waals surface area contributed by atoms with E-state index in [4.69, 9.17) is 0 Å². The number of anilines is 1. The minimum absolute atomic E-state index is 0.00464. The molecular weight excluding hydrogens is 282 g/mol. The number of hydrogen-bond donors (Lipinski definition) is 2. The fourth-order valence-corrected chi connectivity index (χ4v) is 3.56. The normalized spacial score (nSPS) is 18.4. The zero-order valence-corrected chi connectivity index (χ0v) is 13.8. The van der Waals surface area contributed by atoms with Crippen LogP contribution in [-0.4, -0.2) is 5.11 Å². The first-order valence-electron chi connectivity index (χ1n) is 7.98. The van der Waals surface area contributed by atoms with Crippen molar-refractivity contribution in [1.29, 1.82) is 0 Å². The van der Waals surface area contributed by atoms with Crippen molar-refractivity contribution in [2.75, 3.05) is 5.32 Å². The zero-order chi connectivity index (χ0) is 16.6. The largest absolute Gasteiger partial charge is 0.506 e. The number of aliphatic hydroxyl groups excluding tert-OH is 1. The number of hydrogen-bond acceptors (Lipinski definition) is 2. The molecule has 2 aliphatic rings. The highest BCUT2D eigenvalue weighted by Crippen LogP contribution is 2.50. The molecule has 2 aliphatic carbocycles. The lowest BCUT2D eigenvalue weighted by atomic mass is 9.80. The standard InChI is InChI=1S/C21H23NO/c1-5-8-20(14(2)23)22-15-11-12-17-16-9-6-7-10-18(16)21(3,4)19(17)13-15/h5,7-8,10-13,22-23H,1-2,6,9H2,3-4H3/b20-8+. The van der Waals surface area contributed by atoms with E-state index < -0.39 is 0 Å². The van der Waals surface area contributed by atoms with E-state index in [1.54, 1.807) is 12.2 Å². The van der Waals surface area contributed by atoms with E-state index in [1.165, 1.54) is 22.3 Å². The molecule has 3 rings (SSSR count). The summed E-state index contributed by atoms with van der Waals surface area (Å²) in [4.78, 5) is 0. The Bertz CT molecular complexity index is 775. The van der Waals surface area contributed by atoms with E-state index in [0.29, 0.717) is 5.70 Å². The van der Waals surface area contributed by atoms with Crippen LogP contribution in [0.3, 0.4) is 0 Å². The maximum Gasteiger partial charge on any atom is 0.131 e. The fourth-order valence-electron chi connectivity index (χ4n) is 3.56. The molecule has 0 unspecified atom stereocenters. The zero-order valence-electron chi connectivity index (χ0n) is 13.8. The number of benzene rings is 1. The Morgan fingerprint density at radius 3 is 2.83 bits per heavy atom. The second-order valence-corrected chi connectivity index (χ2v) is 6.61. The predicted molar refractivity (Wildman–Crippen MR) is 98.4 cm³/mol. The van der Waals surface area contributed by atoms with Crippen molar-refractivity contribution < 1.29 is 5.11 Å². The number of nitrogens with one attached hydrogen (secondary N) is 1. The average molecular weight is 305 g/mol. The molecule has 2 heteroatoms. The van der Waals surface area contributed by atoms with Crippen LogP contribution >= 0.6 is 0 Å². The topological polar surface area (TPSA) is 32.3 Å². The van der Waals surface area contributed by atoms with E-state index in [0.717, 1.165) is 18.5 Å². The summed E-state index contributed by atoms with van der Waals surface area (Å²) in [6.45, 7) is 11.8. The van der Waals surface area contributed by atoms with Crippen molar-refractivity contribution in [2.45, 2.75) is 32.1 Å². The lowest BCUT2D eigenvalue weighted by molar-refractivity contribution is 0.427. The van der Waals surface area contributed by atoms with Crippen LogP contribution in [0.1, 0.15) is 37.8 Å². The molecule has 0 aliphatic heterocycles. The molecule has 0 fully saturated rings. The van der Waals surface area contributed by atoms with Crippen LogP contribution in [0, 0.1) is 0 Å². The SMILES string of the molecule is C=C/C=C(/Nc1ccc2c(c1)C(C)(C)C1=C2CCC=C1)C(=C)O. The quantitative estimate of drug-likeness (QED) is 0.557. The molecule has 0 heterocycles. The molecule has 118 valence electrons. The first kappa shape index (κ1) is 15.4. The molecule has 0 saturated carbocycles. The Labute approximate surface area is 138 Å².